The van der Waals surface area contributed by atoms with E-state index in [-0.39, 0.29) is 32.2 Å². The zero-order valence-corrected chi connectivity index (χ0v) is 18.1. The number of nitrogens with zero attached hydrogens (tertiary/aromatic N) is 2. The van der Waals surface area contributed by atoms with Crippen molar-refractivity contribution in [3.8, 4) is 0 Å². The van der Waals surface area contributed by atoms with E-state index in [1.807, 2.05) is 6.07 Å². The van der Waals surface area contributed by atoms with Crippen LogP contribution in [0.3, 0.4) is 0 Å². The van der Waals surface area contributed by atoms with Gasteiger partial charge in [-0.1, -0.05) is 65.1 Å². The van der Waals surface area contributed by atoms with Crippen LogP contribution in [0.25, 0.3) is 0 Å². The zero-order valence-electron chi connectivity index (χ0n) is 15.0. The number of hydrogen-bond donors (Lipinski definition) is 1. The van der Waals surface area contributed by atoms with E-state index >= 15 is 0 Å². The Labute approximate surface area is 182 Å². The first-order chi connectivity index (χ1) is 13.7. The Hall–Kier alpha value is -2.19. The van der Waals surface area contributed by atoms with Crippen LogP contribution in [0, 0.1) is 6.92 Å². The fraction of sp³-hybridized carbons (Fsp3) is 0.105. The lowest BCUT2D eigenvalue weighted by Crippen LogP contribution is -2.18. The molecule has 6 nitrogen and oxygen atoms in total. The summed E-state index contributed by atoms with van der Waals surface area (Å²) in [4.78, 5) is 20.3. The number of benzene rings is 2. The normalized spacial score (nSPS) is 11.3. The number of amides is 1. The molecule has 0 unspecified atom stereocenters. The first-order valence-corrected chi connectivity index (χ1v) is 11.0. The van der Waals surface area contributed by atoms with Gasteiger partial charge in [-0.15, -0.1) is 0 Å². The number of aromatic nitrogens is 2. The number of carbonyl (C=O) groups is 1. The molecular formula is C19H14Cl3N3O3S. The Kier molecular flexibility index (Phi) is 6.43. The van der Waals surface area contributed by atoms with Crippen molar-refractivity contribution in [2.75, 3.05) is 5.32 Å². The van der Waals surface area contributed by atoms with Crippen LogP contribution >= 0.6 is 34.8 Å². The van der Waals surface area contributed by atoms with Gasteiger partial charge >= 0.3 is 0 Å². The molecule has 150 valence electrons. The van der Waals surface area contributed by atoms with Gasteiger partial charge in [-0.05, 0) is 30.2 Å². The molecule has 0 bridgehead atoms. The summed E-state index contributed by atoms with van der Waals surface area (Å²) in [5, 5.41) is 2.32. The van der Waals surface area contributed by atoms with E-state index < -0.39 is 20.9 Å². The van der Waals surface area contributed by atoms with Gasteiger partial charge in [-0.2, -0.15) is 0 Å². The molecule has 3 rings (SSSR count). The van der Waals surface area contributed by atoms with Gasteiger partial charge < -0.3 is 5.32 Å². The van der Waals surface area contributed by atoms with Crippen molar-refractivity contribution < 1.29 is 13.2 Å². The number of halogens is 3. The van der Waals surface area contributed by atoms with Crippen LogP contribution in [-0.4, -0.2) is 24.3 Å². The van der Waals surface area contributed by atoms with Crippen LogP contribution < -0.4 is 5.32 Å². The molecular weight excluding hydrogens is 457 g/mol. The van der Waals surface area contributed by atoms with Crippen molar-refractivity contribution in [1.29, 1.82) is 0 Å². The van der Waals surface area contributed by atoms with Crippen molar-refractivity contribution in [3.63, 3.8) is 0 Å². The van der Waals surface area contributed by atoms with Crippen LogP contribution in [0.4, 0.5) is 5.69 Å². The Balaban J connectivity index is 1.92. The molecule has 0 saturated heterocycles. The van der Waals surface area contributed by atoms with Gasteiger partial charge in [0.2, 0.25) is 15.0 Å². The lowest BCUT2D eigenvalue weighted by molar-refractivity contribution is 0.102. The highest BCUT2D eigenvalue weighted by Crippen LogP contribution is 2.30. The molecule has 0 spiro atoms. The first kappa shape index (κ1) is 21.5. The number of rotatable bonds is 5. The smallest absolute Gasteiger partial charge is 0.276 e. The number of hydrogen-bond acceptors (Lipinski definition) is 5. The molecule has 0 aliphatic carbocycles. The van der Waals surface area contributed by atoms with Gasteiger partial charge in [0.05, 0.1) is 32.7 Å². The quantitative estimate of drug-likeness (QED) is 0.532. The van der Waals surface area contributed by atoms with Crippen LogP contribution in [0.15, 0.2) is 53.8 Å². The second-order valence-corrected chi connectivity index (χ2v) is 9.17. The maximum absolute atomic E-state index is 12.8. The molecule has 0 atom stereocenters. The van der Waals surface area contributed by atoms with Gasteiger partial charge in [-0.25, -0.2) is 18.4 Å². The summed E-state index contributed by atoms with van der Waals surface area (Å²) in [5.74, 6) is -1.04. The Morgan fingerprint density at radius 3 is 2.48 bits per heavy atom. The van der Waals surface area contributed by atoms with E-state index in [9.17, 15) is 13.2 Å². The number of nitrogens with one attached hydrogen (secondary N) is 1. The monoisotopic (exact) mass is 469 g/mol. The molecule has 0 saturated carbocycles. The van der Waals surface area contributed by atoms with Gasteiger partial charge in [-0.3, -0.25) is 4.79 Å². The largest absolute Gasteiger partial charge is 0.319 e. The Bertz CT molecular complexity index is 1200. The Morgan fingerprint density at radius 2 is 1.76 bits per heavy atom. The SMILES string of the molecule is Cc1ccccc1CS(=O)(=O)c1ncc(Cl)c(C(=O)Nc2cccc(Cl)c2Cl)n1. The minimum atomic E-state index is -3.90. The van der Waals surface area contributed by atoms with Gasteiger partial charge in [0, 0.05) is 0 Å². The van der Waals surface area contributed by atoms with Crippen molar-refractivity contribution in [3.05, 3.63) is 80.6 Å². The number of aryl methyl sites for hydroxylation is 1. The molecule has 0 aliphatic heterocycles. The fourth-order valence-corrected chi connectivity index (χ4v) is 4.31. The highest BCUT2D eigenvalue weighted by atomic mass is 35.5. The molecule has 29 heavy (non-hydrogen) atoms. The van der Waals surface area contributed by atoms with Gasteiger partial charge in [0.25, 0.3) is 5.91 Å². The summed E-state index contributed by atoms with van der Waals surface area (Å²) in [6, 6.07) is 11.8. The highest BCUT2D eigenvalue weighted by Gasteiger charge is 2.24. The molecule has 0 radical (unpaired) electrons. The van der Waals surface area contributed by atoms with Crippen LogP contribution in [0.5, 0.6) is 0 Å². The topological polar surface area (TPSA) is 89.0 Å². The minimum absolute atomic E-state index is 0.101. The number of carbonyl (C=O) groups excluding carboxylic acids is 1. The third kappa shape index (κ3) is 4.87. The molecule has 1 N–H and O–H groups in total. The van der Waals surface area contributed by atoms with Crippen molar-refractivity contribution >= 4 is 56.2 Å². The second-order valence-electron chi connectivity index (χ2n) is 6.09. The average Bonchev–Trinajstić information content (AvgIpc) is 2.67. The van der Waals surface area contributed by atoms with Gasteiger partial charge in [0.15, 0.2) is 5.69 Å². The lowest BCUT2D eigenvalue weighted by Gasteiger charge is -2.10. The summed E-state index contributed by atoms with van der Waals surface area (Å²) in [6.45, 7) is 1.81. The molecule has 0 fully saturated rings. The average molecular weight is 471 g/mol. The van der Waals surface area contributed by atoms with E-state index in [0.29, 0.717) is 5.56 Å². The summed E-state index contributed by atoms with van der Waals surface area (Å²) in [6.07, 6.45) is 1.08. The minimum Gasteiger partial charge on any atom is -0.319 e. The zero-order chi connectivity index (χ0) is 21.2. The van der Waals surface area contributed by atoms with E-state index in [1.165, 1.54) is 6.07 Å². The fourth-order valence-electron chi connectivity index (χ4n) is 2.48. The van der Waals surface area contributed by atoms with Crippen LogP contribution in [0.1, 0.15) is 21.6 Å². The van der Waals surface area contributed by atoms with Crippen molar-refractivity contribution in [2.45, 2.75) is 17.8 Å². The van der Waals surface area contributed by atoms with Crippen LogP contribution in [0.2, 0.25) is 15.1 Å². The second kappa shape index (κ2) is 8.67. The summed E-state index contributed by atoms with van der Waals surface area (Å²) in [5.41, 5.74) is 1.38. The molecule has 0 aliphatic rings. The van der Waals surface area contributed by atoms with Crippen molar-refractivity contribution in [1.82, 2.24) is 9.97 Å². The maximum Gasteiger partial charge on any atom is 0.276 e. The summed E-state index contributed by atoms with van der Waals surface area (Å²) < 4.78 is 25.5. The predicted molar refractivity (Wildman–Crippen MR) is 114 cm³/mol. The third-order valence-corrected chi connectivity index (χ3v) is 6.56. The summed E-state index contributed by atoms with van der Waals surface area (Å²) in [7, 11) is -3.90. The third-order valence-electron chi connectivity index (χ3n) is 4.02. The predicted octanol–water partition coefficient (Wildman–Crippen LogP) is 4.97. The first-order valence-electron chi connectivity index (χ1n) is 8.24. The van der Waals surface area contributed by atoms with Crippen molar-refractivity contribution in [2.24, 2.45) is 0 Å². The Morgan fingerprint density at radius 1 is 1.03 bits per heavy atom. The van der Waals surface area contributed by atoms with E-state index in [4.69, 9.17) is 34.8 Å². The molecule has 1 amide bonds. The maximum atomic E-state index is 12.8. The summed E-state index contributed by atoms with van der Waals surface area (Å²) >= 11 is 18.0. The standard InChI is InChI=1S/C19H14Cl3N3O3S/c1-11-5-2-3-6-12(11)10-29(27,28)19-23-9-14(21)17(25-19)18(26)24-15-8-4-7-13(20)16(15)22/h2-9H,10H2,1H3,(H,24,26). The molecule has 2 aromatic carbocycles. The van der Waals surface area contributed by atoms with E-state index in [1.54, 1.807) is 37.3 Å². The van der Waals surface area contributed by atoms with E-state index in [2.05, 4.69) is 15.3 Å². The number of anilines is 1. The van der Waals surface area contributed by atoms with E-state index in [0.717, 1.165) is 11.8 Å². The molecule has 1 aromatic heterocycles. The van der Waals surface area contributed by atoms with Gasteiger partial charge in [0.1, 0.15) is 0 Å². The molecule has 3 aromatic rings. The number of sulfone groups is 1. The highest BCUT2D eigenvalue weighted by molar-refractivity contribution is 7.90. The molecule has 10 heteroatoms. The molecule has 1 heterocycles. The lowest BCUT2D eigenvalue weighted by atomic mass is 10.1. The van der Waals surface area contributed by atoms with Crippen LogP contribution in [-0.2, 0) is 15.6 Å².